The molecule has 0 radical (unpaired) electrons. The van der Waals surface area contributed by atoms with Gasteiger partial charge in [0, 0.05) is 65.3 Å². The molecule has 2 fully saturated rings. The Morgan fingerprint density at radius 1 is 0.739 bits per heavy atom. The Morgan fingerprint density at radius 2 is 1.23 bits per heavy atom. The predicted octanol–water partition coefficient (Wildman–Crippen LogP) is -1.06. The summed E-state index contributed by atoms with van der Waals surface area (Å²) in [5, 5.41) is 30.0. The number of amides is 2. The summed E-state index contributed by atoms with van der Waals surface area (Å²) in [7, 11) is 0. The first-order chi connectivity index (χ1) is 32.7. The van der Waals surface area contributed by atoms with Crippen LogP contribution in [0.15, 0.2) is 12.4 Å². The molecule has 2 aliphatic rings. The van der Waals surface area contributed by atoms with Gasteiger partial charge in [0.2, 0.25) is 29.7 Å². The molecule has 0 bridgehead atoms. The van der Waals surface area contributed by atoms with Crippen LogP contribution in [0, 0.1) is 30.1 Å². The Labute approximate surface area is 412 Å². The van der Waals surface area contributed by atoms with Crippen LogP contribution in [0.2, 0.25) is 0 Å². The number of carboxylic acids is 1. The molecule has 0 saturated carbocycles. The van der Waals surface area contributed by atoms with Gasteiger partial charge in [-0.25, -0.2) is 9.36 Å². The van der Waals surface area contributed by atoms with Gasteiger partial charge in [-0.2, -0.15) is 15.0 Å². The second-order valence-corrected chi connectivity index (χ2v) is 18.3. The van der Waals surface area contributed by atoms with E-state index in [2.05, 4.69) is 73.4 Å². The van der Waals surface area contributed by atoms with Gasteiger partial charge < -0.3 is 68.1 Å². The average Bonchev–Trinajstić information content (AvgIpc) is 4.02. The second-order valence-electron chi connectivity index (χ2n) is 18.3. The van der Waals surface area contributed by atoms with Crippen molar-refractivity contribution in [2.24, 2.45) is 29.2 Å². The first-order valence-electron chi connectivity index (χ1n) is 24.0. The number of halogens is 1. The van der Waals surface area contributed by atoms with Gasteiger partial charge in [0.15, 0.2) is 0 Å². The standard InChI is InChI=1S/C45H74N16O7.ClH/c1-8-21-66-23-25-68-26-24-67-22-12-48-43-49-44(58-17-13-56(14-18-58)41(64)38(10-11-39(62)63)60-29-36(52-54-60)34(46)27-31(3)4)51-45(50-43)59-19-15-57(16-20-59)42(65)40(33(7)9-2)61-30-37(53-55-61)35(47)28-32(5)6;/h1,29-35,38,40H,9-28,46-47H2,2-7H3,(H,62,63)(H,48,49,50,51);1H/p-1. The molecule has 5 unspecified atom stereocenters. The molecule has 5 atom stereocenters. The van der Waals surface area contributed by atoms with Crippen LogP contribution >= 0.6 is 0 Å². The zero-order valence-electron chi connectivity index (χ0n) is 41.2. The highest BCUT2D eigenvalue weighted by molar-refractivity contribution is 5.82. The van der Waals surface area contributed by atoms with Crippen LogP contribution in [0.5, 0.6) is 0 Å². The van der Waals surface area contributed by atoms with Gasteiger partial charge >= 0.3 is 5.97 Å². The van der Waals surface area contributed by atoms with E-state index >= 15 is 0 Å². The van der Waals surface area contributed by atoms with Gasteiger partial charge in [-0.1, -0.05) is 64.3 Å². The largest absolute Gasteiger partial charge is 1.00 e. The molecular formula is C45H74ClN16O7-. The molecule has 5 heterocycles. The smallest absolute Gasteiger partial charge is 0.303 e. The molecule has 69 heavy (non-hydrogen) atoms. The van der Waals surface area contributed by atoms with Crippen molar-refractivity contribution in [2.45, 2.75) is 97.8 Å². The lowest BCUT2D eigenvalue weighted by molar-refractivity contribution is -0.139. The Kier molecular flexibility index (Phi) is 23.2. The van der Waals surface area contributed by atoms with E-state index in [1.807, 2.05) is 20.9 Å². The van der Waals surface area contributed by atoms with Crippen LogP contribution in [0.4, 0.5) is 17.8 Å². The Hall–Kier alpha value is -5.25. The maximum Gasteiger partial charge on any atom is 0.303 e. The first-order valence-corrected chi connectivity index (χ1v) is 24.0. The van der Waals surface area contributed by atoms with E-state index < -0.39 is 18.1 Å². The van der Waals surface area contributed by atoms with E-state index in [4.69, 9.17) is 47.1 Å². The van der Waals surface area contributed by atoms with Crippen molar-refractivity contribution in [3.05, 3.63) is 23.8 Å². The van der Waals surface area contributed by atoms with Crippen molar-refractivity contribution < 1.29 is 46.1 Å². The molecule has 2 amide bonds. The van der Waals surface area contributed by atoms with Crippen LogP contribution in [-0.2, 0) is 28.6 Å². The van der Waals surface area contributed by atoms with Crippen molar-refractivity contribution in [1.29, 1.82) is 0 Å². The topological polar surface area (TPSA) is 276 Å². The quantitative estimate of drug-likeness (QED) is 0.0498. The Balaban J connectivity index is 0.0000104. The molecule has 0 aliphatic carbocycles. The number of aromatic nitrogens is 9. The van der Waals surface area contributed by atoms with Gasteiger partial charge in [-0.3, -0.25) is 14.4 Å². The Bertz CT molecular complexity index is 2070. The first kappa shape index (κ1) is 56.3. The molecule has 6 N–H and O–H groups in total. The number of carboxylic acid groups (broad SMARTS) is 1. The summed E-state index contributed by atoms with van der Waals surface area (Å²) in [6.45, 7) is 18.4. The number of terminal acetylenes is 1. The Morgan fingerprint density at radius 3 is 1.74 bits per heavy atom. The van der Waals surface area contributed by atoms with Gasteiger partial charge in [0.05, 0.1) is 68.9 Å². The molecule has 0 aromatic carbocycles. The number of nitrogens with one attached hydrogen (secondary N) is 1. The summed E-state index contributed by atoms with van der Waals surface area (Å²) < 4.78 is 19.6. The van der Waals surface area contributed by atoms with Gasteiger partial charge in [0.25, 0.3) is 0 Å². The monoisotopic (exact) mass is 986 g/mol. The van der Waals surface area contributed by atoms with Crippen LogP contribution in [0.25, 0.3) is 0 Å². The summed E-state index contributed by atoms with van der Waals surface area (Å²) in [5.74, 6) is 3.11. The number of anilines is 3. The summed E-state index contributed by atoms with van der Waals surface area (Å²) >= 11 is 0. The van der Waals surface area contributed by atoms with E-state index in [9.17, 15) is 19.5 Å². The zero-order valence-corrected chi connectivity index (χ0v) is 41.9. The van der Waals surface area contributed by atoms with Crippen LogP contribution in [0.3, 0.4) is 0 Å². The lowest BCUT2D eigenvalue weighted by Crippen LogP contribution is -3.00. The van der Waals surface area contributed by atoms with Gasteiger partial charge in [-0.05, 0) is 37.0 Å². The molecule has 24 heteroatoms. The van der Waals surface area contributed by atoms with E-state index in [1.165, 1.54) is 4.68 Å². The fraction of sp³-hybridized carbons (Fsp3) is 0.733. The summed E-state index contributed by atoms with van der Waals surface area (Å²) in [6, 6.07) is -2.01. The number of nitrogens with zero attached hydrogens (tertiary/aromatic N) is 13. The average molecular weight is 987 g/mol. The lowest BCUT2D eigenvalue weighted by Gasteiger charge is -2.38. The highest BCUT2D eigenvalue weighted by atomic mass is 35.5. The predicted molar refractivity (Wildman–Crippen MR) is 254 cm³/mol. The van der Waals surface area contributed by atoms with Crippen molar-refractivity contribution in [2.75, 3.05) is 114 Å². The van der Waals surface area contributed by atoms with Gasteiger partial charge in [-0.15, -0.1) is 16.6 Å². The van der Waals surface area contributed by atoms with E-state index in [0.29, 0.717) is 139 Å². The third kappa shape index (κ3) is 17.0. The maximum atomic E-state index is 14.3. The molecular weight excluding hydrogens is 912 g/mol. The number of nitrogens with two attached hydrogens (primary N) is 2. The SMILES string of the molecule is C#CCOCCOCCOCCNc1nc(N2CCN(C(=O)C(CCC(=O)O)n3cc(C(N)CC(C)C)nn3)CC2)nc(N2CCN(C(=O)C(C(C)CC)n3cc(C(N)CC(C)C)nn3)CC2)n1.[Cl-]. The number of hydrogen-bond donors (Lipinski definition) is 4. The van der Waals surface area contributed by atoms with Crippen LogP contribution < -0.4 is 39.0 Å². The fourth-order valence-corrected chi connectivity index (χ4v) is 8.11. The molecule has 23 nitrogen and oxygen atoms in total. The number of rotatable bonds is 28. The van der Waals surface area contributed by atoms with Crippen molar-refractivity contribution in [3.63, 3.8) is 0 Å². The molecule has 2 aliphatic heterocycles. The van der Waals surface area contributed by atoms with Gasteiger partial charge in [0.1, 0.15) is 18.7 Å². The zero-order chi connectivity index (χ0) is 49.2. The van der Waals surface area contributed by atoms with E-state index in [1.54, 1.807) is 15.8 Å². The highest BCUT2D eigenvalue weighted by Crippen LogP contribution is 2.28. The van der Waals surface area contributed by atoms with Crippen molar-refractivity contribution in [1.82, 2.24) is 54.7 Å². The molecule has 3 aromatic rings. The third-order valence-corrected chi connectivity index (χ3v) is 12.0. The van der Waals surface area contributed by atoms with Crippen LogP contribution in [-0.4, -0.2) is 176 Å². The van der Waals surface area contributed by atoms with Crippen molar-refractivity contribution >= 4 is 35.6 Å². The van der Waals surface area contributed by atoms with E-state index in [0.717, 1.165) is 12.8 Å². The molecule has 0 spiro atoms. The lowest BCUT2D eigenvalue weighted by atomic mass is 9.97. The number of ether oxygens (including phenoxy) is 3. The summed E-state index contributed by atoms with van der Waals surface area (Å²) in [6.07, 6.45) is 10.7. The molecule has 5 rings (SSSR count). The maximum absolute atomic E-state index is 14.3. The van der Waals surface area contributed by atoms with Crippen LogP contribution in [0.1, 0.15) is 109 Å². The number of aliphatic carboxylic acids is 1. The fourth-order valence-electron chi connectivity index (χ4n) is 8.11. The molecule has 384 valence electrons. The minimum Gasteiger partial charge on any atom is -1.00 e. The van der Waals surface area contributed by atoms with Crippen molar-refractivity contribution in [3.8, 4) is 12.3 Å². The summed E-state index contributed by atoms with van der Waals surface area (Å²) in [5.41, 5.74) is 14.0. The van der Waals surface area contributed by atoms with E-state index in [-0.39, 0.29) is 61.7 Å². The second kappa shape index (κ2) is 28.4. The summed E-state index contributed by atoms with van der Waals surface area (Å²) in [4.78, 5) is 62.2. The molecule has 3 aromatic heterocycles. The minimum atomic E-state index is -1.01. The number of carbonyl (C=O) groups excluding carboxylic acids is 2. The molecule has 2 saturated heterocycles. The number of hydrogen-bond acceptors (Lipinski definition) is 18. The number of piperazine rings is 2. The highest BCUT2D eigenvalue weighted by Gasteiger charge is 2.35. The number of carbonyl (C=O) groups is 3. The normalized spacial score (nSPS) is 16.5. The third-order valence-electron chi connectivity index (χ3n) is 12.0. The minimum absolute atomic E-state index is 0.